The van der Waals surface area contributed by atoms with Crippen molar-refractivity contribution in [2.24, 2.45) is 10.5 Å². The summed E-state index contributed by atoms with van der Waals surface area (Å²) in [6.07, 6.45) is 3.75. The summed E-state index contributed by atoms with van der Waals surface area (Å²) in [5.74, 6) is -0.375. The van der Waals surface area contributed by atoms with Gasteiger partial charge in [0.15, 0.2) is 0 Å². The molecule has 3 aliphatic rings. The summed E-state index contributed by atoms with van der Waals surface area (Å²) in [5, 5.41) is 6.97. The lowest BCUT2D eigenvalue weighted by Gasteiger charge is -2.51. The van der Waals surface area contributed by atoms with Crippen LogP contribution in [0.15, 0.2) is 47.6 Å². The zero-order valence-corrected chi connectivity index (χ0v) is 19.1. The van der Waals surface area contributed by atoms with Crippen LogP contribution in [0.1, 0.15) is 49.0 Å². The number of ether oxygens (including phenoxy) is 1. The number of nitrogens with zero attached hydrogens (tertiary/aromatic N) is 3. The number of hydrogen-bond donors (Lipinski definition) is 0. The average Bonchev–Trinajstić information content (AvgIpc) is 3.05. The molecule has 1 amide bonds. The molecule has 7 heteroatoms. The summed E-state index contributed by atoms with van der Waals surface area (Å²) in [6.45, 7) is 4.98. The monoisotopic (exact) mass is 451 g/mol. The topological polar surface area (TPSA) is 62.2 Å². The fourth-order valence-electron chi connectivity index (χ4n) is 5.45. The van der Waals surface area contributed by atoms with Crippen molar-refractivity contribution in [3.8, 4) is 0 Å². The van der Waals surface area contributed by atoms with E-state index in [0.717, 1.165) is 47.8 Å². The summed E-state index contributed by atoms with van der Waals surface area (Å²) < 4.78 is 5.06. The number of carbonyl (C=O) groups excluding carboxylic acids is 2. The first kappa shape index (κ1) is 21.0. The maximum Gasteiger partial charge on any atom is 0.338 e. The Hall–Kier alpha value is -2.86. The zero-order valence-electron chi connectivity index (χ0n) is 18.3. The number of amides is 1. The maximum absolute atomic E-state index is 14.0. The number of anilines is 2. The molecule has 0 N–H and O–H groups in total. The molecule has 0 unspecified atom stereocenters. The van der Waals surface area contributed by atoms with Crippen LogP contribution >= 0.6 is 11.6 Å². The number of hydrazone groups is 1. The molecule has 0 aliphatic carbocycles. The van der Waals surface area contributed by atoms with Crippen LogP contribution in [-0.4, -0.2) is 36.8 Å². The van der Waals surface area contributed by atoms with Gasteiger partial charge in [0.2, 0.25) is 0 Å². The Morgan fingerprint density at radius 2 is 2.00 bits per heavy atom. The van der Waals surface area contributed by atoms with Crippen LogP contribution in [0.2, 0.25) is 5.02 Å². The van der Waals surface area contributed by atoms with E-state index in [4.69, 9.17) is 21.4 Å². The number of rotatable bonds is 3. The van der Waals surface area contributed by atoms with Gasteiger partial charge in [0.1, 0.15) is 5.41 Å². The van der Waals surface area contributed by atoms with Crippen LogP contribution in [0, 0.1) is 5.41 Å². The van der Waals surface area contributed by atoms with Crippen LogP contribution in [-0.2, 0) is 16.0 Å². The number of esters is 1. The smallest absolute Gasteiger partial charge is 0.338 e. The Balaban J connectivity index is 1.52. The van der Waals surface area contributed by atoms with Crippen LogP contribution in [0.25, 0.3) is 0 Å². The van der Waals surface area contributed by atoms with E-state index in [-0.39, 0.29) is 17.9 Å². The maximum atomic E-state index is 14.0. The van der Waals surface area contributed by atoms with Crippen LogP contribution in [0.4, 0.5) is 11.4 Å². The van der Waals surface area contributed by atoms with E-state index in [1.165, 1.54) is 5.01 Å². The number of halogens is 1. The third-order valence-corrected chi connectivity index (χ3v) is 7.23. The molecular formula is C25H26ClN3O3. The first-order chi connectivity index (χ1) is 15.5. The van der Waals surface area contributed by atoms with E-state index in [1.54, 1.807) is 31.2 Å². The second kappa shape index (κ2) is 7.93. The Morgan fingerprint density at radius 1 is 1.22 bits per heavy atom. The van der Waals surface area contributed by atoms with Gasteiger partial charge in [0.05, 0.1) is 23.6 Å². The largest absolute Gasteiger partial charge is 0.462 e. The minimum atomic E-state index is -0.693. The number of piperidine rings is 1. The van der Waals surface area contributed by atoms with E-state index in [2.05, 4.69) is 4.90 Å². The third-order valence-electron chi connectivity index (χ3n) is 6.99. The highest BCUT2D eigenvalue weighted by atomic mass is 35.5. The Kier molecular flexibility index (Phi) is 5.20. The van der Waals surface area contributed by atoms with E-state index in [0.29, 0.717) is 24.3 Å². The summed E-state index contributed by atoms with van der Waals surface area (Å²) in [4.78, 5) is 28.4. The number of fused-ring (bicyclic) bond motifs is 4. The Morgan fingerprint density at radius 3 is 2.75 bits per heavy atom. The highest BCUT2D eigenvalue weighted by Crippen LogP contribution is 2.50. The standard InChI is InChI=1S/C25H26ClN3O3/c1-3-32-23(30)17-8-11-20(12-9-17)29-24(31)25(16(2)27-29)15-18-7-10-19(26)14-21(18)28-13-5-4-6-22(25)28/h7-12,14,22H,3-6,13,15H2,1-2H3/t22-,25+/m1/s1. The summed E-state index contributed by atoms with van der Waals surface area (Å²) in [5.41, 5.74) is 3.54. The van der Waals surface area contributed by atoms with E-state index < -0.39 is 5.41 Å². The Bertz CT molecular complexity index is 1110. The minimum absolute atomic E-state index is 0.00335. The predicted molar refractivity (Wildman–Crippen MR) is 126 cm³/mol. The number of hydrogen-bond acceptors (Lipinski definition) is 5. The highest BCUT2D eigenvalue weighted by Gasteiger charge is 2.59. The van der Waals surface area contributed by atoms with Crippen molar-refractivity contribution in [3.05, 3.63) is 58.6 Å². The molecule has 3 aliphatic heterocycles. The summed E-state index contributed by atoms with van der Waals surface area (Å²) >= 11 is 6.32. The molecular weight excluding hydrogens is 426 g/mol. The molecule has 1 saturated heterocycles. The molecule has 6 nitrogen and oxygen atoms in total. The van der Waals surface area contributed by atoms with Gasteiger partial charge < -0.3 is 9.64 Å². The molecule has 5 rings (SSSR count). The first-order valence-electron chi connectivity index (χ1n) is 11.2. The van der Waals surface area contributed by atoms with E-state index in [1.807, 2.05) is 25.1 Å². The average molecular weight is 452 g/mol. The van der Waals surface area contributed by atoms with Gasteiger partial charge in [-0.1, -0.05) is 17.7 Å². The molecule has 0 bridgehead atoms. The van der Waals surface area contributed by atoms with Gasteiger partial charge in [-0.3, -0.25) is 4.79 Å². The van der Waals surface area contributed by atoms with Crippen LogP contribution in [0.3, 0.4) is 0 Å². The lowest BCUT2D eigenvalue weighted by molar-refractivity contribution is -0.125. The molecule has 2 aromatic carbocycles. The highest BCUT2D eigenvalue weighted by molar-refractivity contribution is 6.31. The third kappa shape index (κ3) is 3.12. The van der Waals surface area contributed by atoms with Gasteiger partial charge in [-0.15, -0.1) is 0 Å². The molecule has 1 fully saturated rings. The van der Waals surface area contributed by atoms with Crippen LogP contribution in [0.5, 0.6) is 0 Å². The second-order valence-corrected chi connectivity index (χ2v) is 9.13. The van der Waals surface area contributed by atoms with E-state index in [9.17, 15) is 9.59 Å². The molecule has 2 aromatic rings. The van der Waals surface area contributed by atoms with Crippen molar-refractivity contribution in [2.75, 3.05) is 23.1 Å². The molecule has 166 valence electrons. The van der Waals surface area contributed by atoms with Gasteiger partial charge >= 0.3 is 5.97 Å². The number of benzene rings is 2. The van der Waals surface area contributed by atoms with Crippen molar-refractivity contribution in [1.82, 2.24) is 0 Å². The summed E-state index contributed by atoms with van der Waals surface area (Å²) in [6, 6.07) is 12.9. The SMILES string of the molecule is CCOC(=O)c1ccc(N2N=C(C)[C@]3(Cc4ccc(Cl)cc4N4CCCC[C@@H]43)C2=O)cc1. The van der Waals surface area contributed by atoms with Gasteiger partial charge in [0.25, 0.3) is 5.91 Å². The first-order valence-corrected chi connectivity index (χ1v) is 11.6. The van der Waals surface area contributed by atoms with Crippen molar-refractivity contribution in [3.63, 3.8) is 0 Å². The lowest BCUT2D eigenvalue weighted by Crippen LogP contribution is -2.61. The van der Waals surface area contributed by atoms with Gasteiger partial charge in [-0.05, 0) is 81.5 Å². The molecule has 0 radical (unpaired) electrons. The quantitative estimate of drug-likeness (QED) is 0.626. The summed E-state index contributed by atoms with van der Waals surface area (Å²) in [7, 11) is 0. The molecule has 32 heavy (non-hydrogen) atoms. The van der Waals surface area contributed by atoms with Gasteiger partial charge in [-0.2, -0.15) is 10.1 Å². The van der Waals surface area contributed by atoms with Crippen LogP contribution < -0.4 is 9.91 Å². The van der Waals surface area contributed by atoms with Crippen molar-refractivity contribution in [2.45, 2.75) is 45.6 Å². The van der Waals surface area contributed by atoms with Crippen molar-refractivity contribution >= 4 is 40.6 Å². The Labute approximate surface area is 192 Å². The second-order valence-electron chi connectivity index (χ2n) is 8.70. The lowest BCUT2D eigenvalue weighted by atomic mass is 9.66. The number of carbonyl (C=O) groups is 2. The molecule has 0 aromatic heterocycles. The molecule has 1 spiro atoms. The van der Waals surface area contributed by atoms with Gasteiger partial charge in [0, 0.05) is 23.3 Å². The zero-order chi connectivity index (χ0) is 22.5. The molecule has 2 atom stereocenters. The van der Waals surface area contributed by atoms with Crippen molar-refractivity contribution < 1.29 is 14.3 Å². The van der Waals surface area contributed by atoms with E-state index >= 15 is 0 Å². The molecule has 0 saturated carbocycles. The minimum Gasteiger partial charge on any atom is -0.462 e. The van der Waals surface area contributed by atoms with Gasteiger partial charge in [-0.25, -0.2) is 4.79 Å². The fraction of sp³-hybridized carbons (Fsp3) is 0.400. The van der Waals surface area contributed by atoms with Crippen molar-refractivity contribution in [1.29, 1.82) is 0 Å². The molecule has 3 heterocycles. The normalized spacial score (nSPS) is 24.3. The fourth-order valence-corrected chi connectivity index (χ4v) is 5.61. The predicted octanol–water partition coefficient (Wildman–Crippen LogP) is 4.84.